The van der Waals surface area contributed by atoms with Gasteiger partial charge in [0.05, 0.1) is 5.56 Å². The second-order valence-electron chi connectivity index (χ2n) is 3.86. The largest absolute Gasteiger partial charge is 0.417 e. The van der Waals surface area contributed by atoms with Gasteiger partial charge < -0.3 is 10.4 Å². The van der Waals surface area contributed by atoms with Crippen LogP contribution in [0.1, 0.15) is 12.5 Å². The minimum Gasteiger partial charge on any atom is -0.396 e. The van der Waals surface area contributed by atoms with Crippen molar-refractivity contribution in [2.24, 2.45) is 5.92 Å². The molecule has 0 saturated heterocycles. The Labute approximate surface area is 106 Å². The fourth-order valence-electron chi connectivity index (χ4n) is 1.21. The van der Waals surface area contributed by atoms with Gasteiger partial charge in [0, 0.05) is 23.3 Å². The first-order valence-corrected chi connectivity index (χ1v) is 5.85. The summed E-state index contributed by atoms with van der Waals surface area (Å²) in [6.07, 6.45) is -4.38. The van der Waals surface area contributed by atoms with E-state index < -0.39 is 11.7 Å². The molecule has 0 aromatic heterocycles. The molecule has 0 radical (unpaired) electrons. The first kappa shape index (κ1) is 14.3. The van der Waals surface area contributed by atoms with Crippen molar-refractivity contribution in [3.8, 4) is 0 Å². The van der Waals surface area contributed by atoms with Gasteiger partial charge in [-0.3, -0.25) is 0 Å². The summed E-state index contributed by atoms with van der Waals surface area (Å²) in [4.78, 5) is 0. The van der Waals surface area contributed by atoms with Crippen molar-refractivity contribution < 1.29 is 18.3 Å². The van der Waals surface area contributed by atoms with Crippen LogP contribution < -0.4 is 5.32 Å². The third-order valence-electron chi connectivity index (χ3n) is 2.24. The molecule has 17 heavy (non-hydrogen) atoms. The molecular formula is C11H13BrF3NO. The minimum atomic E-state index is -4.38. The van der Waals surface area contributed by atoms with Gasteiger partial charge in [-0.05, 0) is 24.1 Å². The first-order valence-electron chi connectivity index (χ1n) is 5.06. The average Bonchev–Trinajstić information content (AvgIpc) is 2.26. The summed E-state index contributed by atoms with van der Waals surface area (Å²) >= 11 is 2.87. The summed E-state index contributed by atoms with van der Waals surface area (Å²) in [5.41, 5.74) is -0.319. The molecule has 6 heteroatoms. The van der Waals surface area contributed by atoms with E-state index in [1.807, 2.05) is 0 Å². The molecule has 0 aliphatic carbocycles. The highest BCUT2D eigenvalue weighted by molar-refractivity contribution is 9.10. The Balaban J connectivity index is 2.82. The number of rotatable bonds is 4. The van der Waals surface area contributed by atoms with Gasteiger partial charge in [0.2, 0.25) is 0 Å². The average molecular weight is 312 g/mol. The van der Waals surface area contributed by atoms with Gasteiger partial charge in [-0.15, -0.1) is 0 Å². The number of hydrogen-bond acceptors (Lipinski definition) is 2. The van der Waals surface area contributed by atoms with E-state index in [1.54, 1.807) is 13.0 Å². The van der Waals surface area contributed by atoms with E-state index in [0.29, 0.717) is 12.2 Å². The zero-order valence-corrected chi connectivity index (χ0v) is 10.8. The third-order valence-corrected chi connectivity index (χ3v) is 2.93. The highest BCUT2D eigenvalue weighted by atomic mass is 79.9. The van der Waals surface area contributed by atoms with Gasteiger partial charge in [0.1, 0.15) is 0 Å². The summed E-state index contributed by atoms with van der Waals surface area (Å²) in [5.74, 6) is -0.00650. The molecular weight excluding hydrogens is 299 g/mol. The molecule has 0 saturated carbocycles. The van der Waals surface area contributed by atoms with Gasteiger partial charge >= 0.3 is 6.18 Å². The van der Waals surface area contributed by atoms with Crippen molar-refractivity contribution in [3.05, 3.63) is 28.2 Å². The summed E-state index contributed by atoms with van der Waals surface area (Å²) < 4.78 is 37.8. The van der Waals surface area contributed by atoms with Crippen LogP contribution in [0.15, 0.2) is 22.7 Å². The molecule has 0 heterocycles. The minimum absolute atomic E-state index is 0.00431. The van der Waals surface area contributed by atoms with E-state index in [1.165, 1.54) is 6.07 Å². The fraction of sp³-hybridized carbons (Fsp3) is 0.455. The van der Waals surface area contributed by atoms with Gasteiger partial charge in [-0.1, -0.05) is 22.9 Å². The quantitative estimate of drug-likeness (QED) is 0.892. The zero-order valence-electron chi connectivity index (χ0n) is 9.18. The van der Waals surface area contributed by atoms with Crippen LogP contribution in [0.3, 0.4) is 0 Å². The van der Waals surface area contributed by atoms with Gasteiger partial charge in [0.15, 0.2) is 0 Å². The van der Waals surface area contributed by atoms with E-state index in [2.05, 4.69) is 21.2 Å². The van der Waals surface area contributed by atoms with Crippen molar-refractivity contribution in [1.29, 1.82) is 0 Å². The molecule has 0 bridgehead atoms. The molecule has 2 nitrogen and oxygen atoms in total. The van der Waals surface area contributed by atoms with E-state index in [-0.39, 0.29) is 17.0 Å². The molecule has 1 aromatic carbocycles. The Morgan fingerprint density at radius 1 is 1.41 bits per heavy atom. The summed E-state index contributed by atoms with van der Waals surface area (Å²) in [6, 6.07) is 3.96. The number of halogens is 4. The van der Waals surface area contributed by atoms with Crippen LogP contribution in [-0.2, 0) is 6.18 Å². The first-order chi connectivity index (χ1) is 7.84. The van der Waals surface area contributed by atoms with Crippen LogP contribution in [0.25, 0.3) is 0 Å². The zero-order chi connectivity index (χ0) is 13.1. The van der Waals surface area contributed by atoms with Crippen LogP contribution in [-0.4, -0.2) is 18.3 Å². The topological polar surface area (TPSA) is 32.3 Å². The van der Waals surface area contributed by atoms with Crippen molar-refractivity contribution >= 4 is 21.6 Å². The van der Waals surface area contributed by atoms with Crippen molar-refractivity contribution in [3.63, 3.8) is 0 Å². The molecule has 0 amide bonds. The molecule has 0 spiro atoms. The molecule has 1 atom stereocenters. The third kappa shape index (κ3) is 4.20. The summed E-state index contributed by atoms with van der Waals surface area (Å²) in [7, 11) is 0. The predicted molar refractivity (Wildman–Crippen MR) is 63.9 cm³/mol. The lowest BCUT2D eigenvalue weighted by molar-refractivity contribution is -0.138. The Morgan fingerprint density at radius 2 is 2.06 bits per heavy atom. The number of alkyl halides is 3. The van der Waals surface area contributed by atoms with Gasteiger partial charge in [-0.25, -0.2) is 0 Å². The van der Waals surface area contributed by atoms with E-state index in [4.69, 9.17) is 5.11 Å². The second kappa shape index (κ2) is 5.73. The van der Waals surface area contributed by atoms with Crippen LogP contribution in [0.4, 0.5) is 18.9 Å². The molecule has 0 fully saturated rings. The maximum atomic E-state index is 12.6. The Hall–Kier alpha value is -0.750. The Kier molecular flexibility index (Phi) is 4.82. The van der Waals surface area contributed by atoms with Crippen LogP contribution >= 0.6 is 15.9 Å². The van der Waals surface area contributed by atoms with E-state index in [9.17, 15) is 13.2 Å². The number of hydrogen-bond donors (Lipinski definition) is 2. The highest BCUT2D eigenvalue weighted by Gasteiger charge is 2.33. The number of anilines is 1. The Bertz CT molecular complexity index is 381. The second-order valence-corrected chi connectivity index (χ2v) is 4.72. The molecule has 2 N–H and O–H groups in total. The van der Waals surface area contributed by atoms with E-state index >= 15 is 0 Å². The number of aliphatic hydroxyl groups is 1. The van der Waals surface area contributed by atoms with Crippen LogP contribution in [0.5, 0.6) is 0 Å². The maximum Gasteiger partial charge on any atom is 0.417 e. The lowest BCUT2D eigenvalue weighted by Gasteiger charge is -2.14. The number of aliphatic hydroxyl groups excluding tert-OH is 1. The molecule has 1 rings (SSSR count). The smallest absolute Gasteiger partial charge is 0.396 e. The van der Waals surface area contributed by atoms with Crippen LogP contribution in [0.2, 0.25) is 0 Å². The lowest BCUT2D eigenvalue weighted by atomic mass is 10.1. The van der Waals surface area contributed by atoms with Crippen molar-refractivity contribution in [1.82, 2.24) is 0 Å². The predicted octanol–water partition coefficient (Wildman–Crippen LogP) is 3.51. The van der Waals surface area contributed by atoms with Crippen molar-refractivity contribution in [2.75, 3.05) is 18.5 Å². The summed E-state index contributed by atoms with van der Waals surface area (Å²) in [5, 5.41) is 11.7. The monoisotopic (exact) mass is 311 g/mol. The molecule has 0 aliphatic rings. The molecule has 1 aromatic rings. The van der Waals surface area contributed by atoms with Crippen LogP contribution in [0, 0.1) is 5.92 Å². The highest BCUT2D eigenvalue weighted by Crippen LogP contribution is 2.36. The van der Waals surface area contributed by atoms with Gasteiger partial charge in [-0.2, -0.15) is 13.2 Å². The molecule has 1 unspecified atom stereocenters. The normalized spacial score (nSPS) is 13.5. The maximum absolute atomic E-state index is 12.6. The van der Waals surface area contributed by atoms with Gasteiger partial charge in [0.25, 0.3) is 0 Å². The SMILES string of the molecule is CC(CO)CNc1ccc(Br)c(C(F)(F)F)c1. The number of nitrogens with one attached hydrogen (secondary N) is 1. The van der Waals surface area contributed by atoms with E-state index in [0.717, 1.165) is 6.07 Å². The lowest BCUT2D eigenvalue weighted by Crippen LogP contribution is -2.15. The Morgan fingerprint density at radius 3 is 2.59 bits per heavy atom. The molecule has 96 valence electrons. The summed E-state index contributed by atoms with van der Waals surface area (Å²) in [6.45, 7) is 2.22. The fourth-order valence-corrected chi connectivity index (χ4v) is 1.68. The molecule has 0 aliphatic heterocycles. The number of benzene rings is 1. The standard InChI is InChI=1S/C11H13BrF3NO/c1-7(6-17)5-16-8-2-3-10(12)9(4-8)11(13,14)15/h2-4,7,16-17H,5-6H2,1H3. The van der Waals surface area contributed by atoms with Crippen molar-refractivity contribution in [2.45, 2.75) is 13.1 Å².